The van der Waals surface area contributed by atoms with Gasteiger partial charge < -0.3 is 0 Å². The van der Waals surface area contributed by atoms with Gasteiger partial charge in [0.05, 0.1) is 0 Å². The van der Waals surface area contributed by atoms with Crippen LogP contribution in [0, 0.1) is 5.92 Å². The molecule has 0 N–H and O–H groups in total. The molecular formula is C28H32O4. The Labute approximate surface area is 190 Å². The number of benzene rings is 1. The number of carbonyl (C=O) groups is 4. The van der Waals surface area contributed by atoms with E-state index in [-0.39, 0.29) is 36.0 Å². The van der Waals surface area contributed by atoms with E-state index in [0.717, 1.165) is 24.0 Å². The average Bonchev–Trinajstić information content (AvgIpc) is 2.83. The van der Waals surface area contributed by atoms with Crippen LogP contribution in [0.15, 0.2) is 66.3 Å². The standard InChI is InChI=1S/C28H32O4/c1-18(2)8-6-9-19(3)16-23-10-7-11-24(21(5)29)28(23)26(31)15-13-22-12-14-25(30)20(4)17-27(22)32/h7-8,10-11,13,15,22H,3-4,6,9,12,14,16-17H2,1-2,5H3/b15-13+. The van der Waals surface area contributed by atoms with Gasteiger partial charge in [0.15, 0.2) is 17.3 Å². The fourth-order valence-electron chi connectivity index (χ4n) is 3.81. The van der Waals surface area contributed by atoms with Crippen LogP contribution in [0.4, 0.5) is 0 Å². The molecule has 0 aromatic heterocycles. The van der Waals surface area contributed by atoms with Crippen LogP contribution in [-0.4, -0.2) is 23.1 Å². The van der Waals surface area contributed by atoms with Crippen molar-refractivity contribution in [1.29, 1.82) is 0 Å². The van der Waals surface area contributed by atoms with Crippen LogP contribution in [-0.2, 0) is 16.0 Å². The molecule has 0 aliphatic heterocycles. The topological polar surface area (TPSA) is 68.3 Å². The molecule has 0 amide bonds. The molecule has 0 bridgehead atoms. The minimum atomic E-state index is -0.505. The molecule has 4 heteroatoms. The minimum absolute atomic E-state index is 0.0167. The van der Waals surface area contributed by atoms with Gasteiger partial charge in [0.1, 0.15) is 5.78 Å². The Morgan fingerprint density at radius 3 is 2.53 bits per heavy atom. The van der Waals surface area contributed by atoms with Crippen LogP contribution in [0.5, 0.6) is 0 Å². The lowest BCUT2D eigenvalue weighted by molar-refractivity contribution is -0.121. The largest absolute Gasteiger partial charge is 0.299 e. The lowest BCUT2D eigenvalue weighted by atomic mass is 9.89. The smallest absolute Gasteiger partial charge is 0.186 e. The van der Waals surface area contributed by atoms with Crippen molar-refractivity contribution in [3.05, 3.63) is 83.0 Å². The third kappa shape index (κ3) is 6.94. The van der Waals surface area contributed by atoms with Gasteiger partial charge in [-0.05, 0) is 63.7 Å². The van der Waals surface area contributed by atoms with Crippen LogP contribution < -0.4 is 0 Å². The first-order valence-electron chi connectivity index (χ1n) is 11.0. The molecule has 0 saturated heterocycles. The molecule has 2 rings (SSSR count). The molecule has 0 heterocycles. The van der Waals surface area contributed by atoms with Gasteiger partial charge in [-0.25, -0.2) is 0 Å². The van der Waals surface area contributed by atoms with Crippen molar-refractivity contribution in [3.8, 4) is 0 Å². The fourth-order valence-corrected chi connectivity index (χ4v) is 3.81. The summed E-state index contributed by atoms with van der Waals surface area (Å²) in [6, 6.07) is 5.28. The lowest BCUT2D eigenvalue weighted by Crippen LogP contribution is -2.13. The van der Waals surface area contributed by atoms with Gasteiger partial charge in [0.25, 0.3) is 0 Å². The van der Waals surface area contributed by atoms with E-state index in [1.54, 1.807) is 18.2 Å². The second kappa shape index (κ2) is 11.5. The zero-order valence-electron chi connectivity index (χ0n) is 19.3. The molecule has 1 aromatic carbocycles. The Kier molecular flexibility index (Phi) is 9.01. The maximum Gasteiger partial charge on any atom is 0.186 e. The summed E-state index contributed by atoms with van der Waals surface area (Å²) in [5.74, 6) is -1.22. The summed E-state index contributed by atoms with van der Waals surface area (Å²) in [5.41, 5.74) is 4.04. The Morgan fingerprint density at radius 2 is 1.88 bits per heavy atom. The van der Waals surface area contributed by atoms with Gasteiger partial charge in [0, 0.05) is 29.9 Å². The second-order valence-corrected chi connectivity index (χ2v) is 8.68. The monoisotopic (exact) mass is 432 g/mol. The van der Waals surface area contributed by atoms with Gasteiger partial charge in [-0.1, -0.05) is 54.7 Å². The summed E-state index contributed by atoms with van der Waals surface area (Å²) in [5, 5.41) is 0. The van der Waals surface area contributed by atoms with Gasteiger partial charge in [-0.2, -0.15) is 0 Å². The van der Waals surface area contributed by atoms with Crippen molar-refractivity contribution in [2.75, 3.05) is 0 Å². The first-order chi connectivity index (χ1) is 15.1. The summed E-state index contributed by atoms with van der Waals surface area (Å²) in [6.07, 6.45) is 7.90. The first-order valence-corrected chi connectivity index (χ1v) is 11.0. The normalized spacial score (nSPS) is 16.7. The molecule has 1 aliphatic rings. The van der Waals surface area contributed by atoms with Crippen molar-refractivity contribution < 1.29 is 19.2 Å². The number of hydrogen-bond donors (Lipinski definition) is 0. The zero-order valence-corrected chi connectivity index (χ0v) is 19.3. The predicted molar refractivity (Wildman–Crippen MR) is 128 cm³/mol. The summed E-state index contributed by atoms with van der Waals surface area (Å²) in [6.45, 7) is 13.4. The number of hydrogen-bond acceptors (Lipinski definition) is 4. The van der Waals surface area contributed by atoms with E-state index >= 15 is 0 Å². The molecule has 1 aromatic rings. The van der Waals surface area contributed by atoms with E-state index < -0.39 is 5.92 Å². The molecular weight excluding hydrogens is 400 g/mol. The molecule has 1 atom stereocenters. The molecule has 32 heavy (non-hydrogen) atoms. The van der Waals surface area contributed by atoms with E-state index in [4.69, 9.17) is 0 Å². The van der Waals surface area contributed by atoms with Crippen molar-refractivity contribution >= 4 is 23.1 Å². The SMILES string of the molecule is C=C(CCC=C(C)C)Cc1cccc(C(C)=O)c1C(=O)/C=C/C1CCC(=O)C(=C)CC1=O. The van der Waals surface area contributed by atoms with Crippen LogP contribution in [0.1, 0.15) is 79.2 Å². The number of rotatable bonds is 9. The van der Waals surface area contributed by atoms with E-state index in [1.807, 2.05) is 19.9 Å². The summed E-state index contributed by atoms with van der Waals surface area (Å²) < 4.78 is 0. The second-order valence-electron chi connectivity index (χ2n) is 8.68. The number of carbonyl (C=O) groups excluding carboxylic acids is 4. The van der Waals surface area contributed by atoms with E-state index in [2.05, 4.69) is 19.2 Å². The highest BCUT2D eigenvalue weighted by Crippen LogP contribution is 2.24. The Hall–Kier alpha value is -3.14. The number of Topliss-reactive ketones (excluding diaryl/α,β-unsaturated/α-hetero) is 3. The Balaban J connectivity index is 2.27. The van der Waals surface area contributed by atoms with Gasteiger partial charge >= 0.3 is 0 Å². The summed E-state index contributed by atoms with van der Waals surface area (Å²) >= 11 is 0. The predicted octanol–water partition coefficient (Wildman–Crippen LogP) is 5.97. The minimum Gasteiger partial charge on any atom is -0.299 e. The van der Waals surface area contributed by atoms with E-state index in [0.29, 0.717) is 29.5 Å². The number of ketones is 4. The van der Waals surface area contributed by atoms with Gasteiger partial charge in [-0.3, -0.25) is 19.2 Å². The highest BCUT2D eigenvalue weighted by Gasteiger charge is 2.25. The average molecular weight is 433 g/mol. The highest BCUT2D eigenvalue weighted by atomic mass is 16.1. The number of allylic oxidation sites excluding steroid dienone is 6. The van der Waals surface area contributed by atoms with Crippen LogP contribution in [0.25, 0.3) is 0 Å². The third-order valence-electron chi connectivity index (χ3n) is 5.63. The van der Waals surface area contributed by atoms with Crippen molar-refractivity contribution in [2.24, 2.45) is 5.92 Å². The van der Waals surface area contributed by atoms with Crippen LogP contribution in [0.3, 0.4) is 0 Å². The first kappa shape index (κ1) is 25.1. The Bertz CT molecular complexity index is 1020. The third-order valence-corrected chi connectivity index (χ3v) is 5.63. The molecule has 168 valence electrons. The molecule has 1 saturated carbocycles. The maximum atomic E-state index is 13.2. The lowest BCUT2D eigenvalue weighted by Gasteiger charge is -2.13. The molecule has 1 fully saturated rings. The Morgan fingerprint density at radius 1 is 1.16 bits per heavy atom. The van der Waals surface area contributed by atoms with Gasteiger partial charge in [0.2, 0.25) is 0 Å². The molecule has 0 spiro atoms. The molecule has 1 aliphatic carbocycles. The summed E-state index contributed by atoms with van der Waals surface area (Å²) in [4.78, 5) is 49.7. The van der Waals surface area contributed by atoms with E-state index in [9.17, 15) is 19.2 Å². The zero-order chi connectivity index (χ0) is 23.8. The molecule has 1 unspecified atom stereocenters. The van der Waals surface area contributed by atoms with E-state index in [1.165, 1.54) is 18.6 Å². The van der Waals surface area contributed by atoms with Crippen molar-refractivity contribution in [2.45, 2.75) is 59.3 Å². The highest BCUT2D eigenvalue weighted by molar-refractivity contribution is 6.13. The summed E-state index contributed by atoms with van der Waals surface area (Å²) in [7, 11) is 0. The maximum absolute atomic E-state index is 13.2. The van der Waals surface area contributed by atoms with Crippen molar-refractivity contribution in [3.63, 3.8) is 0 Å². The van der Waals surface area contributed by atoms with Gasteiger partial charge in [-0.15, -0.1) is 0 Å². The van der Waals surface area contributed by atoms with Crippen LogP contribution in [0.2, 0.25) is 0 Å². The molecule has 0 radical (unpaired) electrons. The van der Waals surface area contributed by atoms with Crippen LogP contribution >= 0.6 is 0 Å². The fraction of sp³-hybridized carbons (Fsp3) is 0.357. The quantitative estimate of drug-likeness (QED) is 0.209. The molecule has 4 nitrogen and oxygen atoms in total. The van der Waals surface area contributed by atoms with Crippen molar-refractivity contribution in [1.82, 2.24) is 0 Å².